The third-order valence-electron chi connectivity index (χ3n) is 4.33. The summed E-state index contributed by atoms with van der Waals surface area (Å²) in [5.74, 6) is -0.486. The maximum absolute atomic E-state index is 12.8. The van der Waals surface area contributed by atoms with Crippen molar-refractivity contribution in [1.82, 2.24) is 9.80 Å². The minimum absolute atomic E-state index is 0.0848. The van der Waals surface area contributed by atoms with Gasteiger partial charge in [0.2, 0.25) is 0 Å². The van der Waals surface area contributed by atoms with E-state index in [-0.39, 0.29) is 5.91 Å². The van der Waals surface area contributed by atoms with Crippen molar-refractivity contribution >= 4 is 11.9 Å². The molecule has 0 spiro atoms. The van der Waals surface area contributed by atoms with Crippen LogP contribution < -0.4 is 0 Å². The number of cyclic esters (lactones) is 1. The Morgan fingerprint density at radius 1 is 1.19 bits per heavy atom. The van der Waals surface area contributed by atoms with Crippen LogP contribution in [0.1, 0.15) is 22.8 Å². The number of carbonyl (C=O) groups is 2. The average molecular weight is 288 g/mol. The summed E-state index contributed by atoms with van der Waals surface area (Å²) in [4.78, 5) is 28.9. The van der Waals surface area contributed by atoms with Crippen molar-refractivity contribution in [2.45, 2.75) is 18.9 Å². The third-order valence-corrected chi connectivity index (χ3v) is 4.33. The molecule has 0 aromatic heterocycles. The van der Waals surface area contributed by atoms with Crippen molar-refractivity contribution in [3.63, 3.8) is 0 Å². The number of likely N-dealkylation sites (N-methyl/N-ethyl adjacent to an activating group) is 1. The van der Waals surface area contributed by atoms with Crippen LogP contribution >= 0.6 is 0 Å². The monoisotopic (exact) mass is 288 g/mol. The van der Waals surface area contributed by atoms with Gasteiger partial charge in [-0.2, -0.15) is 0 Å². The second kappa shape index (κ2) is 5.15. The maximum atomic E-state index is 12.8. The van der Waals surface area contributed by atoms with Crippen LogP contribution in [0.5, 0.6) is 0 Å². The van der Waals surface area contributed by atoms with E-state index in [1.165, 1.54) is 0 Å². The molecular weight excluding hydrogens is 268 g/mol. The number of ether oxygens (including phenoxy) is 1. The van der Waals surface area contributed by atoms with Crippen LogP contribution in [0.2, 0.25) is 0 Å². The van der Waals surface area contributed by atoms with Gasteiger partial charge in [0.15, 0.2) is 5.60 Å². The van der Waals surface area contributed by atoms with Gasteiger partial charge >= 0.3 is 5.97 Å². The molecule has 1 aromatic carbocycles. The highest BCUT2D eigenvalue weighted by Crippen LogP contribution is 2.29. The lowest BCUT2D eigenvalue weighted by Crippen LogP contribution is -2.57. The Labute approximate surface area is 124 Å². The van der Waals surface area contributed by atoms with Gasteiger partial charge in [-0.15, -0.1) is 0 Å². The van der Waals surface area contributed by atoms with Gasteiger partial charge in [-0.25, -0.2) is 4.79 Å². The van der Waals surface area contributed by atoms with Crippen LogP contribution in [0, 0.1) is 0 Å². The first-order valence-corrected chi connectivity index (χ1v) is 7.29. The number of hydrogen-bond acceptors (Lipinski definition) is 4. The van der Waals surface area contributed by atoms with E-state index in [0.717, 1.165) is 18.7 Å². The molecule has 1 aromatic rings. The fraction of sp³-hybridized carbons (Fsp3) is 0.500. The topological polar surface area (TPSA) is 49.9 Å². The van der Waals surface area contributed by atoms with Crippen LogP contribution in [0.25, 0.3) is 0 Å². The largest absolute Gasteiger partial charge is 0.445 e. The maximum Gasteiger partial charge on any atom is 0.339 e. The quantitative estimate of drug-likeness (QED) is 0.722. The summed E-state index contributed by atoms with van der Waals surface area (Å²) in [6.45, 7) is 4.80. The van der Waals surface area contributed by atoms with Crippen molar-refractivity contribution in [3.05, 3.63) is 35.4 Å². The number of esters is 1. The molecule has 0 aliphatic carbocycles. The fourth-order valence-corrected chi connectivity index (χ4v) is 3.00. The normalized spacial score (nSPS) is 26.2. The minimum atomic E-state index is -1.08. The van der Waals surface area contributed by atoms with Crippen LogP contribution in [-0.2, 0) is 16.0 Å². The molecule has 1 fully saturated rings. The lowest BCUT2D eigenvalue weighted by Gasteiger charge is -2.40. The Hall–Kier alpha value is -1.88. The van der Waals surface area contributed by atoms with E-state index in [1.54, 1.807) is 17.9 Å². The zero-order chi connectivity index (χ0) is 15.0. The van der Waals surface area contributed by atoms with Crippen molar-refractivity contribution in [1.29, 1.82) is 0 Å². The summed E-state index contributed by atoms with van der Waals surface area (Å²) in [7, 11) is 2.04. The predicted octanol–water partition coefficient (Wildman–Crippen LogP) is 0.932. The summed E-state index contributed by atoms with van der Waals surface area (Å²) in [5, 5.41) is 0. The smallest absolute Gasteiger partial charge is 0.339 e. The number of benzene rings is 1. The van der Waals surface area contributed by atoms with Gasteiger partial charge in [-0.3, -0.25) is 4.79 Å². The molecule has 0 bridgehead atoms. The molecule has 112 valence electrons. The van der Waals surface area contributed by atoms with Crippen molar-refractivity contribution < 1.29 is 14.3 Å². The number of hydrogen-bond donors (Lipinski definition) is 0. The van der Waals surface area contributed by atoms with Gasteiger partial charge in [0, 0.05) is 32.6 Å². The zero-order valence-corrected chi connectivity index (χ0v) is 12.5. The Balaban J connectivity index is 1.82. The fourth-order valence-electron chi connectivity index (χ4n) is 3.00. The van der Waals surface area contributed by atoms with Crippen LogP contribution in [0.4, 0.5) is 0 Å². The Kier molecular flexibility index (Phi) is 3.45. The van der Waals surface area contributed by atoms with Gasteiger partial charge in [-0.1, -0.05) is 18.2 Å². The van der Waals surface area contributed by atoms with E-state index >= 15 is 0 Å². The molecule has 1 unspecified atom stereocenters. The first-order valence-electron chi connectivity index (χ1n) is 7.29. The van der Waals surface area contributed by atoms with Gasteiger partial charge in [-0.05, 0) is 25.6 Å². The van der Waals surface area contributed by atoms with E-state index in [4.69, 9.17) is 4.74 Å². The predicted molar refractivity (Wildman–Crippen MR) is 78.0 cm³/mol. The second-order valence-electron chi connectivity index (χ2n) is 6.05. The highest BCUT2D eigenvalue weighted by molar-refractivity contribution is 5.97. The van der Waals surface area contributed by atoms with Crippen molar-refractivity contribution in [3.8, 4) is 0 Å². The summed E-state index contributed by atoms with van der Waals surface area (Å²) < 4.78 is 5.50. The van der Waals surface area contributed by atoms with Gasteiger partial charge in [0.25, 0.3) is 5.91 Å². The highest BCUT2D eigenvalue weighted by atomic mass is 16.6. The third kappa shape index (κ3) is 2.53. The SMILES string of the molecule is CN1CCN(C(=O)C2(C)Cc3ccccc3C(=O)O2)CC1. The summed E-state index contributed by atoms with van der Waals surface area (Å²) >= 11 is 0. The Morgan fingerprint density at radius 3 is 2.57 bits per heavy atom. The van der Waals surface area contributed by atoms with Crippen molar-refractivity contribution in [2.75, 3.05) is 33.2 Å². The molecule has 2 aliphatic rings. The molecule has 5 nitrogen and oxygen atoms in total. The summed E-state index contributed by atoms with van der Waals surface area (Å²) in [5.41, 5.74) is 0.376. The highest BCUT2D eigenvalue weighted by Gasteiger charge is 2.45. The Morgan fingerprint density at radius 2 is 1.86 bits per heavy atom. The molecule has 2 heterocycles. The number of carbonyl (C=O) groups excluding carboxylic acids is 2. The first-order chi connectivity index (χ1) is 9.99. The number of nitrogens with zero attached hydrogens (tertiary/aromatic N) is 2. The second-order valence-corrected chi connectivity index (χ2v) is 6.05. The van der Waals surface area contributed by atoms with Gasteiger partial charge in [0.1, 0.15) is 0 Å². The molecule has 3 rings (SSSR count). The first kappa shape index (κ1) is 14.1. The van der Waals surface area contributed by atoms with E-state index < -0.39 is 11.6 Å². The number of fused-ring (bicyclic) bond motifs is 1. The summed E-state index contributed by atoms with van der Waals surface area (Å²) in [6.07, 6.45) is 0.445. The molecule has 5 heteroatoms. The number of piperazine rings is 1. The molecule has 0 saturated carbocycles. The van der Waals surface area contributed by atoms with E-state index in [9.17, 15) is 9.59 Å². The number of rotatable bonds is 1. The lowest BCUT2D eigenvalue weighted by molar-refractivity contribution is -0.152. The molecule has 2 aliphatic heterocycles. The molecule has 1 atom stereocenters. The molecule has 0 radical (unpaired) electrons. The van der Waals surface area contributed by atoms with E-state index in [1.807, 2.05) is 25.2 Å². The lowest BCUT2D eigenvalue weighted by atomic mass is 9.88. The van der Waals surface area contributed by atoms with Crippen molar-refractivity contribution in [2.24, 2.45) is 0 Å². The minimum Gasteiger partial charge on any atom is -0.445 e. The molecule has 1 amide bonds. The summed E-state index contributed by atoms with van der Waals surface area (Å²) in [6, 6.07) is 7.34. The van der Waals surface area contributed by atoms with E-state index in [2.05, 4.69) is 4.90 Å². The number of amides is 1. The molecule has 1 saturated heterocycles. The van der Waals surface area contributed by atoms with Gasteiger partial charge < -0.3 is 14.5 Å². The van der Waals surface area contributed by atoms with Crippen LogP contribution in [-0.4, -0.2) is 60.5 Å². The van der Waals surface area contributed by atoms with Gasteiger partial charge in [0.05, 0.1) is 5.56 Å². The molecule has 21 heavy (non-hydrogen) atoms. The standard InChI is InChI=1S/C16H20N2O3/c1-16(15(20)18-9-7-17(2)8-10-18)11-12-5-3-4-6-13(12)14(19)21-16/h3-6H,7-11H2,1-2H3. The Bertz CT molecular complexity index is 579. The zero-order valence-electron chi connectivity index (χ0n) is 12.5. The average Bonchev–Trinajstić information content (AvgIpc) is 2.47. The van der Waals surface area contributed by atoms with Crippen LogP contribution in [0.15, 0.2) is 24.3 Å². The molecule has 0 N–H and O–H groups in total. The van der Waals surface area contributed by atoms with E-state index in [0.29, 0.717) is 25.1 Å². The molecular formula is C16H20N2O3. The van der Waals surface area contributed by atoms with Crippen LogP contribution in [0.3, 0.4) is 0 Å².